The largest absolute Gasteiger partial charge is 0.326 e. The van der Waals surface area contributed by atoms with Crippen molar-refractivity contribution in [3.05, 3.63) is 20.8 Å². The zero-order chi connectivity index (χ0) is 12.4. The molecule has 1 aliphatic carbocycles. The van der Waals surface area contributed by atoms with E-state index in [2.05, 4.69) is 46.9 Å². The van der Waals surface area contributed by atoms with E-state index in [0.717, 1.165) is 5.92 Å². The third kappa shape index (κ3) is 3.31. The molecule has 1 aliphatic rings. The van der Waals surface area contributed by atoms with Crippen LogP contribution in [0.25, 0.3) is 0 Å². The number of likely N-dealkylation sites (N-methyl/N-ethyl adjacent to an activating group) is 1. The van der Waals surface area contributed by atoms with Crippen LogP contribution in [-0.2, 0) is 0 Å². The van der Waals surface area contributed by atoms with E-state index in [9.17, 15) is 0 Å². The maximum Gasteiger partial charge on any atom is 0.0702 e. The van der Waals surface area contributed by atoms with Gasteiger partial charge < -0.3 is 5.73 Å². The number of nitrogens with two attached hydrogens (primary N) is 1. The van der Waals surface area contributed by atoms with Gasteiger partial charge in [0.15, 0.2) is 0 Å². The van der Waals surface area contributed by atoms with Crippen molar-refractivity contribution in [2.75, 3.05) is 13.6 Å². The molecule has 2 N–H and O–H groups in total. The number of halogens is 1. The summed E-state index contributed by atoms with van der Waals surface area (Å²) in [6, 6.07) is 4.84. The number of hydrogen-bond donors (Lipinski definition) is 1. The first-order chi connectivity index (χ1) is 8.08. The lowest BCUT2D eigenvalue weighted by molar-refractivity contribution is 0.151. The van der Waals surface area contributed by atoms with Crippen molar-refractivity contribution in [3.8, 4) is 0 Å². The highest BCUT2D eigenvalue weighted by molar-refractivity contribution is 9.11. The average molecular weight is 317 g/mol. The molecule has 0 radical (unpaired) electrons. The molecule has 0 aromatic carbocycles. The Kier molecular flexibility index (Phi) is 4.64. The first-order valence-corrected chi connectivity index (χ1v) is 7.90. The van der Waals surface area contributed by atoms with Gasteiger partial charge in [-0.2, -0.15) is 0 Å². The van der Waals surface area contributed by atoms with E-state index in [1.54, 1.807) is 11.3 Å². The molecule has 1 heterocycles. The molecule has 0 amide bonds. The van der Waals surface area contributed by atoms with Crippen LogP contribution in [0, 0.1) is 5.92 Å². The predicted octanol–water partition coefficient (Wildman–Crippen LogP) is 3.63. The Morgan fingerprint density at radius 2 is 2.24 bits per heavy atom. The van der Waals surface area contributed by atoms with Crippen LogP contribution in [-0.4, -0.2) is 24.5 Å². The summed E-state index contributed by atoms with van der Waals surface area (Å²) < 4.78 is 1.19. The molecule has 2 nitrogen and oxygen atoms in total. The van der Waals surface area contributed by atoms with Gasteiger partial charge >= 0.3 is 0 Å². The van der Waals surface area contributed by atoms with Crippen molar-refractivity contribution >= 4 is 27.3 Å². The summed E-state index contributed by atoms with van der Waals surface area (Å²) in [7, 11) is 2.21. The minimum absolute atomic E-state index is 0.172. The van der Waals surface area contributed by atoms with E-state index < -0.39 is 0 Å². The summed E-state index contributed by atoms with van der Waals surface area (Å²) in [5.41, 5.74) is 6.16. The Balaban J connectivity index is 2.05. The van der Waals surface area contributed by atoms with Gasteiger partial charge in [0.2, 0.25) is 0 Å². The molecule has 1 aromatic heterocycles. The smallest absolute Gasteiger partial charge is 0.0702 e. The van der Waals surface area contributed by atoms with Crippen molar-refractivity contribution < 1.29 is 0 Å². The van der Waals surface area contributed by atoms with Crippen LogP contribution in [0.3, 0.4) is 0 Å². The molecule has 1 aromatic rings. The maximum absolute atomic E-state index is 6.16. The molecule has 2 rings (SSSR count). The van der Waals surface area contributed by atoms with Crippen molar-refractivity contribution in [1.82, 2.24) is 4.90 Å². The number of thiophene rings is 1. The van der Waals surface area contributed by atoms with Gasteiger partial charge in [-0.3, -0.25) is 4.90 Å². The number of rotatable bonds is 5. The summed E-state index contributed by atoms with van der Waals surface area (Å²) in [6.07, 6.45) is 4.19. The first kappa shape index (κ1) is 13.5. The summed E-state index contributed by atoms with van der Waals surface area (Å²) in [5.74, 6) is 0.893. The van der Waals surface area contributed by atoms with E-state index in [1.807, 2.05) is 0 Å². The average Bonchev–Trinajstić information content (AvgIpc) is 2.58. The standard InChI is InChI=1S/C13H21BrN2S/c1-9(15)13(11-6-7-12(14)17-11)16(2)8-10-4-3-5-10/h6-7,9-10,13H,3-5,8,15H2,1-2H3. The summed E-state index contributed by atoms with van der Waals surface area (Å²) in [5, 5.41) is 0. The molecule has 96 valence electrons. The van der Waals surface area contributed by atoms with Crippen molar-refractivity contribution in [2.45, 2.75) is 38.3 Å². The van der Waals surface area contributed by atoms with Crippen LogP contribution in [0.15, 0.2) is 15.9 Å². The second-order valence-corrected chi connectivity index (χ2v) is 7.68. The molecule has 0 spiro atoms. The number of nitrogens with zero attached hydrogens (tertiary/aromatic N) is 1. The lowest BCUT2D eigenvalue weighted by atomic mass is 9.84. The Morgan fingerprint density at radius 3 is 2.65 bits per heavy atom. The molecule has 4 heteroatoms. The Labute approximate surface area is 116 Å². The molecule has 0 aliphatic heterocycles. The molecule has 17 heavy (non-hydrogen) atoms. The topological polar surface area (TPSA) is 29.3 Å². The summed E-state index contributed by atoms with van der Waals surface area (Å²) in [6.45, 7) is 3.29. The van der Waals surface area contributed by atoms with Crippen LogP contribution in [0.5, 0.6) is 0 Å². The van der Waals surface area contributed by atoms with Crippen LogP contribution in [0.4, 0.5) is 0 Å². The molecule has 2 unspecified atom stereocenters. The predicted molar refractivity (Wildman–Crippen MR) is 78.4 cm³/mol. The molecule has 1 fully saturated rings. The van der Waals surface area contributed by atoms with Gasteiger partial charge in [-0.25, -0.2) is 0 Å². The second-order valence-electron chi connectivity index (χ2n) is 5.18. The highest BCUT2D eigenvalue weighted by Crippen LogP contribution is 2.34. The fraction of sp³-hybridized carbons (Fsp3) is 0.692. The van der Waals surface area contributed by atoms with E-state index in [-0.39, 0.29) is 6.04 Å². The second kappa shape index (κ2) is 5.83. The van der Waals surface area contributed by atoms with Gasteiger partial charge in [-0.1, -0.05) is 6.42 Å². The van der Waals surface area contributed by atoms with Gasteiger partial charge in [0.1, 0.15) is 0 Å². The van der Waals surface area contributed by atoms with Crippen molar-refractivity contribution in [1.29, 1.82) is 0 Å². The zero-order valence-corrected chi connectivity index (χ0v) is 12.9. The van der Waals surface area contributed by atoms with Gasteiger partial charge in [0.05, 0.1) is 9.83 Å². The Hall–Kier alpha value is 0.1000. The third-order valence-corrected chi connectivity index (χ3v) is 5.32. The monoisotopic (exact) mass is 316 g/mol. The highest BCUT2D eigenvalue weighted by atomic mass is 79.9. The van der Waals surface area contributed by atoms with Crippen molar-refractivity contribution in [3.63, 3.8) is 0 Å². The van der Waals surface area contributed by atoms with Crippen LogP contribution in [0.2, 0.25) is 0 Å². The minimum Gasteiger partial charge on any atom is -0.326 e. The first-order valence-electron chi connectivity index (χ1n) is 6.29. The maximum atomic E-state index is 6.16. The lowest BCUT2D eigenvalue weighted by Gasteiger charge is -2.36. The van der Waals surface area contributed by atoms with Gasteiger partial charge in [-0.15, -0.1) is 11.3 Å². The van der Waals surface area contributed by atoms with Gasteiger partial charge in [0.25, 0.3) is 0 Å². The molecular formula is C13H21BrN2S. The van der Waals surface area contributed by atoms with E-state index in [1.165, 1.54) is 34.5 Å². The van der Waals surface area contributed by atoms with Gasteiger partial charge in [-0.05, 0) is 60.8 Å². The van der Waals surface area contributed by atoms with Gasteiger partial charge in [0, 0.05) is 17.5 Å². The number of hydrogen-bond acceptors (Lipinski definition) is 3. The third-order valence-electron chi connectivity index (χ3n) is 3.63. The fourth-order valence-corrected chi connectivity index (χ4v) is 4.27. The summed E-state index contributed by atoms with van der Waals surface area (Å²) >= 11 is 5.33. The molecule has 0 saturated heterocycles. The lowest BCUT2D eigenvalue weighted by Crippen LogP contribution is -2.40. The van der Waals surface area contributed by atoms with Crippen LogP contribution >= 0.6 is 27.3 Å². The normalized spacial score (nSPS) is 20.3. The minimum atomic E-state index is 0.172. The fourth-order valence-electron chi connectivity index (χ4n) is 2.56. The van der Waals surface area contributed by atoms with E-state index in [4.69, 9.17) is 5.73 Å². The molecular weight excluding hydrogens is 296 g/mol. The SMILES string of the molecule is CC(N)C(c1ccc(Br)s1)N(C)CC1CCC1. The van der Waals surface area contributed by atoms with E-state index in [0.29, 0.717) is 6.04 Å². The van der Waals surface area contributed by atoms with Crippen LogP contribution < -0.4 is 5.73 Å². The van der Waals surface area contributed by atoms with Crippen LogP contribution in [0.1, 0.15) is 37.1 Å². The molecule has 2 atom stereocenters. The highest BCUT2D eigenvalue weighted by Gasteiger charge is 2.27. The quantitative estimate of drug-likeness (QED) is 0.898. The van der Waals surface area contributed by atoms with Crippen molar-refractivity contribution in [2.24, 2.45) is 11.7 Å². The summed E-state index contributed by atoms with van der Waals surface area (Å²) in [4.78, 5) is 3.81. The Bertz CT molecular complexity index is 360. The molecule has 0 bridgehead atoms. The van der Waals surface area contributed by atoms with E-state index >= 15 is 0 Å². The Morgan fingerprint density at radius 1 is 1.53 bits per heavy atom. The zero-order valence-electron chi connectivity index (χ0n) is 10.5. The molecule has 1 saturated carbocycles.